The Morgan fingerprint density at radius 3 is 2.55 bits per heavy atom. The number of hydrogen-bond acceptors (Lipinski definition) is 3. The van der Waals surface area contributed by atoms with Gasteiger partial charge in [-0.25, -0.2) is 0 Å². The number of nitrogens with zero attached hydrogens (tertiary/aromatic N) is 1. The summed E-state index contributed by atoms with van der Waals surface area (Å²) in [6, 6.07) is 6.32. The van der Waals surface area contributed by atoms with Gasteiger partial charge in [-0.15, -0.1) is 0 Å². The van der Waals surface area contributed by atoms with Crippen LogP contribution >= 0.6 is 28.1 Å². The Bertz CT molecular complexity index is 450. The highest BCUT2D eigenvalue weighted by atomic mass is 79.9. The molecule has 0 aliphatic heterocycles. The standard InChI is InChI=1S/C15H24BrN3S/c1-10(2)7-12(9-19(3)4)18-14-8-11(16)5-6-13(14)15(17)20/h5-6,8,10,12,18H,7,9H2,1-4H3,(H2,17,20). The van der Waals surface area contributed by atoms with Gasteiger partial charge in [0, 0.05) is 28.3 Å². The van der Waals surface area contributed by atoms with Gasteiger partial charge in [-0.1, -0.05) is 42.0 Å². The van der Waals surface area contributed by atoms with Crippen LogP contribution in [-0.4, -0.2) is 36.6 Å². The molecule has 0 aromatic heterocycles. The molecule has 1 aromatic rings. The summed E-state index contributed by atoms with van der Waals surface area (Å²) in [5, 5.41) is 3.59. The van der Waals surface area contributed by atoms with Crippen molar-refractivity contribution in [1.82, 2.24) is 4.90 Å². The van der Waals surface area contributed by atoms with Gasteiger partial charge in [0.15, 0.2) is 0 Å². The molecule has 0 fully saturated rings. The van der Waals surface area contributed by atoms with E-state index in [-0.39, 0.29) is 0 Å². The van der Waals surface area contributed by atoms with E-state index in [1.807, 2.05) is 18.2 Å². The number of nitrogens with two attached hydrogens (primary N) is 1. The van der Waals surface area contributed by atoms with Gasteiger partial charge < -0.3 is 16.0 Å². The Hall–Kier alpha value is -0.650. The summed E-state index contributed by atoms with van der Waals surface area (Å²) in [6.07, 6.45) is 1.10. The van der Waals surface area contributed by atoms with E-state index in [1.165, 1.54) is 0 Å². The van der Waals surface area contributed by atoms with Gasteiger partial charge in [0.2, 0.25) is 0 Å². The largest absolute Gasteiger partial charge is 0.389 e. The van der Waals surface area contributed by atoms with E-state index in [4.69, 9.17) is 18.0 Å². The molecule has 1 atom stereocenters. The highest BCUT2D eigenvalue weighted by Crippen LogP contribution is 2.23. The molecule has 3 N–H and O–H groups in total. The van der Waals surface area contributed by atoms with E-state index in [9.17, 15) is 0 Å². The average molecular weight is 358 g/mol. The van der Waals surface area contributed by atoms with Crippen molar-refractivity contribution >= 4 is 38.8 Å². The van der Waals surface area contributed by atoms with Crippen LogP contribution in [0.5, 0.6) is 0 Å². The van der Waals surface area contributed by atoms with Gasteiger partial charge in [0.05, 0.1) is 0 Å². The van der Waals surface area contributed by atoms with Crippen molar-refractivity contribution in [2.75, 3.05) is 26.0 Å². The van der Waals surface area contributed by atoms with E-state index >= 15 is 0 Å². The lowest BCUT2D eigenvalue weighted by atomic mass is 10.0. The molecule has 0 heterocycles. The van der Waals surface area contributed by atoms with Crippen molar-refractivity contribution in [3.63, 3.8) is 0 Å². The molecule has 20 heavy (non-hydrogen) atoms. The molecule has 1 aromatic carbocycles. The van der Waals surface area contributed by atoms with Crippen LogP contribution in [0.3, 0.4) is 0 Å². The fourth-order valence-corrected chi connectivity index (χ4v) is 2.80. The zero-order valence-corrected chi connectivity index (χ0v) is 15.0. The number of benzene rings is 1. The Balaban J connectivity index is 2.96. The zero-order valence-electron chi connectivity index (χ0n) is 12.6. The van der Waals surface area contributed by atoms with Crippen LogP contribution in [0.4, 0.5) is 5.69 Å². The number of halogens is 1. The van der Waals surface area contributed by atoms with Crippen molar-refractivity contribution in [2.45, 2.75) is 26.3 Å². The van der Waals surface area contributed by atoms with E-state index in [1.54, 1.807) is 0 Å². The summed E-state index contributed by atoms with van der Waals surface area (Å²) >= 11 is 8.64. The summed E-state index contributed by atoms with van der Waals surface area (Å²) in [5.41, 5.74) is 7.71. The monoisotopic (exact) mass is 357 g/mol. The predicted octanol–water partition coefficient (Wildman–Crippen LogP) is 3.47. The van der Waals surface area contributed by atoms with Crippen LogP contribution in [0.15, 0.2) is 22.7 Å². The topological polar surface area (TPSA) is 41.3 Å². The molecular weight excluding hydrogens is 334 g/mol. The summed E-state index contributed by atoms with van der Waals surface area (Å²) < 4.78 is 1.02. The Labute approximate surface area is 136 Å². The van der Waals surface area contributed by atoms with Crippen LogP contribution in [0.1, 0.15) is 25.8 Å². The lowest BCUT2D eigenvalue weighted by Gasteiger charge is -2.26. The first-order valence-electron chi connectivity index (χ1n) is 6.80. The molecule has 0 spiro atoms. The molecule has 0 radical (unpaired) electrons. The van der Waals surface area contributed by atoms with Crippen molar-refractivity contribution in [1.29, 1.82) is 0 Å². The fourth-order valence-electron chi connectivity index (χ4n) is 2.26. The Morgan fingerprint density at radius 2 is 2.05 bits per heavy atom. The Kier molecular flexibility index (Phi) is 6.92. The molecule has 0 aliphatic carbocycles. The summed E-state index contributed by atoms with van der Waals surface area (Å²) in [7, 11) is 4.18. The average Bonchev–Trinajstić information content (AvgIpc) is 2.26. The third-order valence-electron chi connectivity index (χ3n) is 2.95. The van der Waals surface area contributed by atoms with Crippen LogP contribution in [0.2, 0.25) is 0 Å². The van der Waals surface area contributed by atoms with Crippen LogP contribution in [-0.2, 0) is 0 Å². The maximum Gasteiger partial charge on any atom is 0.106 e. The van der Waals surface area contributed by atoms with Crippen LogP contribution in [0, 0.1) is 5.92 Å². The predicted molar refractivity (Wildman–Crippen MR) is 95.4 cm³/mol. The van der Waals surface area contributed by atoms with Gasteiger partial charge in [-0.3, -0.25) is 0 Å². The normalized spacial score (nSPS) is 12.8. The Morgan fingerprint density at radius 1 is 1.40 bits per heavy atom. The minimum Gasteiger partial charge on any atom is -0.389 e. The third-order valence-corrected chi connectivity index (χ3v) is 3.66. The summed E-state index contributed by atoms with van der Waals surface area (Å²) in [5.74, 6) is 0.632. The lowest BCUT2D eigenvalue weighted by molar-refractivity contribution is 0.356. The SMILES string of the molecule is CC(C)CC(CN(C)C)Nc1cc(Br)ccc1C(N)=S. The number of likely N-dealkylation sites (N-methyl/N-ethyl adjacent to an activating group) is 1. The molecule has 112 valence electrons. The number of nitrogens with one attached hydrogen (secondary N) is 1. The third kappa shape index (κ3) is 5.77. The number of rotatable bonds is 7. The second-order valence-corrected chi connectivity index (χ2v) is 7.14. The van der Waals surface area contributed by atoms with Crippen molar-refractivity contribution in [2.24, 2.45) is 11.7 Å². The maximum atomic E-state index is 5.81. The van der Waals surface area contributed by atoms with Crippen molar-refractivity contribution in [3.8, 4) is 0 Å². The quantitative estimate of drug-likeness (QED) is 0.733. The maximum absolute atomic E-state index is 5.81. The van der Waals surface area contributed by atoms with E-state index < -0.39 is 0 Å². The molecule has 0 saturated heterocycles. The molecule has 1 unspecified atom stereocenters. The first-order chi connectivity index (χ1) is 9.29. The van der Waals surface area contributed by atoms with Gasteiger partial charge in [0.25, 0.3) is 0 Å². The molecule has 0 aliphatic rings. The molecule has 5 heteroatoms. The van der Waals surface area contributed by atoms with Crippen LogP contribution < -0.4 is 11.1 Å². The smallest absolute Gasteiger partial charge is 0.106 e. The first kappa shape index (κ1) is 17.4. The first-order valence-corrected chi connectivity index (χ1v) is 8.00. The van der Waals surface area contributed by atoms with E-state index in [0.29, 0.717) is 16.9 Å². The van der Waals surface area contributed by atoms with Crippen molar-refractivity contribution < 1.29 is 0 Å². The molecule has 3 nitrogen and oxygen atoms in total. The van der Waals surface area contributed by atoms with Crippen molar-refractivity contribution in [3.05, 3.63) is 28.2 Å². The molecule has 1 rings (SSSR count). The highest BCUT2D eigenvalue weighted by molar-refractivity contribution is 9.10. The van der Waals surface area contributed by atoms with E-state index in [0.717, 1.165) is 28.7 Å². The fraction of sp³-hybridized carbons (Fsp3) is 0.533. The second kappa shape index (κ2) is 7.96. The number of anilines is 1. The number of hydrogen-bond donors (Lipinski definition) is 2. The van der Waals surface area contributed by atoms with Gasteiger partial charge >= 0.3 is 0 Å². The number of thiocarbonyl (C=S) groups is 1. The highest BCUT2D eigenvalue weighted by Gasteiger charge is 2.15. The summed E-state index contributed by atoms with van der Waals surface area (Å²) in [6.45, 7) is 5.45. The van der Waals surface area contributed by atoms with Crippen LogP contribution in [0.25, 0.3) is 0 Å². The molecular formula is C15H24BrN3S. The summed E-state index contributed by atoms with van der Waals surface area (Å²) in [4.78, 5) is 2.62. The molecule has 0 amide bonds. The minimum atomic E-state index is 0.368. The zero-order chi connectivity index (χ0) is 15.3. The molecule has 0 saturated carbocycles. The van der Waals surface area contributed by atoms with E-state index in [2.05, 4.69) is 54.1 Å². The van der Waals surface area contributed by atoms with Gasteiger partial charge in [0.1, 0.15) is 4.99 Å². The molecule has 0 bridgehead atoms. The van der Waals surface area contributed by atoms with Gasteiger partial charge in [-0.05, 0) is 44.6 Å². The van der Waals surface area contributed by atoms with Gasteiger partial charge in [-0.2, -0.15) is 0 Å². The minimum absolute atomic E-state index is 0.368. The second-order valence-electron chi connectivity index (χ2n) is 5.79. The lowest BCUT2D eigenvalue weighted by Crippen LogP contribution is -2.34.